The number of piperidine rings is 1. The van der Waals surface area contributed by atoms with E-state index in [1.165, 1.54) is 37.3 Å². The predicted octanol–water partition coefficient (Wildman–Crippen LogP) is 7.20. The number of nitrogens with zero attached hydrogens (tertiary/aromatic N) is 1. The van der Waals surface area contributed by atoms with Crippen molar-refractivity contribution in [1.29, 1.82) is 0 Å². The van der Waals surface area contributed by atoms with Crippen LogP contribution < -0.4 is 24.2 Å². The molecule has 5 aromatic carbocycles. The van der Waals surface area contributed by atoms with Crippen molar-refractivity contribution in [3.05, 3.63) is 138 Å². The van der Waals surface area contributed by atoms with Gasteiger partial charge < -0.3 is 34.0 Å². The first-order valence-electron chi connectivity index (χ1n) is 20.1. The smallest absolute Gasteiger partial charge is 0.409 e. The van der Waals surface area contributed by atoms with Gasteiger partial charge in [0, 0.05) is 60.6 Å². The fourth-order valence-corrected chi connectivity index (χ4v) is 10.3. The van der Waals surface area contributed by atoms with E-state index in [1.54, 1.807) is 0 Å². The molecule has 2 aliphatic heterocycles. The molecule has 2 atom stereocenters. The lowest BCUT2D eigenvalue weighted by atomic mass is 9.69. The first-order chi connectivity index (χ1) is 29.2. The molecule has 8 rings (SSSR count). The largest absolute Gasteiger partial charge is 0.493 e. The third-order valence-electron chi connectivity index (χ3n) is 11.9. The van der Waals surface area contributed by atoms with Gasteiger partial charge in [-0.05, 0) is 65.8 Å². The molecule has 0 bridgehead atoms. The number of fused-ring (bicyclic) bond motifs is 5. The molecule has 3 aliphatic rings. The van der Waals surface area contributed by atoms with E-state index in [0.717, 1.165) is 39.7 Å². The molecule has 0 radical (unpaired) electrons. The Morgan fingerprint density at radius 3 is 2.07 bits per heavy atom. The van der Waals surface area contributed by atoms with Crippen LogP contribution >= 0.6 is 0 Å². The van der Waals surface area contributed by atoms with Gasteiger partial charge in [0.2, 0.25) is 15.9 Å². The Balaban J connectivity index is 1.06. The number of para-hydroxylation sites is 2. The second-order valence-corrected chi connectivity index (χ2v) is 17.1. The van der Waals surface area contributed by atoms with Crippen molar-refractivity contribution in [3.8, 4) is 34.1 Å². The molecule has 60 heavy (non-hydrogen) atoms. The summed E-state index contributed by atoms with van der Waals surface area (Å²) >= 11 is 0. The molecule has 2 amide bonds. The third kappa shape index (κ3) is 7.82. The normalized spacial score (nSPS) is 17.5. The van der Waals surface area contributed by atoms with Crippen molar-refractivity contribution in [2.24, 2.45) is 5.92 Å². The van der Waals surface area contributed by atoms with Crippen molar-refractivity contribution < 1.29 is 41.7 Å². The van der Waals surface area contributed by atoms with Crippen molar-refractivity contribution >= 4 is 28.3 Å². The van der Waals surface area contributed by atoms with Crippen LogP contribution in [0.4, 0.5) is 4.79 Å². The predicted molar refractivity (Wildman–Crippen MR) is 225 cm³/mol. The number of benzene rings is 5. The molecule has 5 aromatic rings. The highest BCUT2D eigenvalue weighted by Crippen LogP contribution is 2.50. The number of hydrogen-bond acceptors (Lipinski definition) is 9. The number of amides is 2. The number of rotatable bonds is 14. The Bertz CT molecular complexity index is 2430. The summed E-state index contributed by atoms with van der Waals surface area (Å²) in [6, 6.07) is 34.9. The average molecular weight is 830 g/mol. The molecule has 1 fully saturated rings. The Morgan fingerprint density at radius 2 is 1.43 bits per heavy atom. The van der Waals surface area contributed by atoms with E-state index in [0.29, 0.717) is 36.5 Å². The number of sulfonamides is 1. The van der Waals surface area contributed by atoms with Crippen LogP contribution in [0.2, 0.25) is 0 Å². The molecule has 13 heteroatoms. The van der Waals surface area contributed by atoms with Gasteiger partial charge in [-0.25, -0.2) is 17.9 Å². The maximum Gasteiger partial charge on any atom is 0.409 e. The summed E-state index contributed by atoms with van der Waals surface area (Å²) in [5.41, 5.74) is 5.33. The molecule has 12 nitrogen and oxygen atoms in total. The van der Waals surface area contributed by atoms with Gasteiger partial charge in [0.25, 0.3) is 0 Å². The van der Waals surface area contributed by atoms with Crippen molar-refractivity contribution in [2.75, 3.05) is 40.5 Å². The Hall–Kier alpha value is -6.18. The minimum Gasteiger partial charge on any atom is -0.493 e. The molecule has 0 spiro atoms. The number of unbranched alkanes of at least 4 members (excludes halogenated alkanes) is 1. The molecule has 310 valence electrons. The summed E-state index contributed by atoms with van der Waals surface area (Å²) in [5, 5.41) is 3.20. The van der Waals surface area contributed by atoms with Crippen molar-refractivity contribution in [1.82, 2.24) is 14.9 Å². The number of nitrogens with one attached hydrogen (secondary N) is 2. The maximum atomic E-state index is 14.5. The molecule has 2 heterocycles. The quantitative estimate of drug-likeness (QED) is 0.0876. The van der Waals surface area contributed by atoms with E-state index >= 15 is 0 Å². The van der Waals surface area contributed by atoms with Gasteiger partial charge in [-0.15, -0.1) is 0 Å². The van der Waals surface area contributed by atoms with Gasteiger partial charge in [-0.1, -0.05) is 84.9 Å². The Morgan fingerprint density at radius 1 is 0.817 bits per heavy atom. The number of carbonyl (C=O) groups is 3. The molecular formula is C47H47N3O9S. The zero-order valence-electron chi connectivity index (χ0n) is 33.5. The van der Waals surface area contributed by atoms with Crippen LogP contribution in [0.5, 0.6) is 23.0 Å². The molecule has 1 saturated heterocycles. The van der Waals surface area contributed by atoms with E-state index in [2.05, 4.69) is 22.2 Å². The Labute approximate surface area is 349 Å². The number of carbonyl (C=O) groups excluding carboxylic acids is 3. The summed E-state index contributed by atoms with van der Waals surface area (Å²) in [6.45, 7) is 0.213. The fraction of sp³-hybridized carbons (Fsp3) is 0.298. The molecule has 0 aromatic heterocycles. The van der Waals surface area contributed by atoms with Crippen LogP contribution in [0.1, 0.15) is 53.9 Å². The maximum absolute atomic E-state index is 14.5. The Kier molecular flexibility index (Phi) is 11.6. The molecular weight excluding hydrogens is 783 g/mol. The fourth-order valence-electron chi connectivity index (χ4n) is 9.06. The standard InChI is InChI=1S/C47H47N3O9S/c1-56-43-22-21-33(26-44(43)57-2)60(54,55)49-32-25-31(27-50(28-32)46(53)58-29-38-36-15-5-3-13-34(36)35-14-4-6-16-37(35)38)45(52)48-30-47(23-11-12-24-51)39-17-7-9-19-41(39)59-42-20-10-8-18-40(42)47/h3-10,13-22,24,26,31-32,38,49H,11-12,23,25,27-30H2,1-2H3,(H,48,52)/t31-,32+/m0/s1. The summed E-state index contributed by atoms with van der Waals surface area (Å²) in [7, 11) is -1.29. The van der Waals surface area contributed by atoms with Gasteiger partial charge in [-0.3, -0.25) is 4.79 Å². The molecule has 2 N–H and O–H groups in total. The van der Waals surface area contributed by atoms with E-state index in [-0.39, 0.29) is 55.1 Å². The van der Waals surface area contributed by atoms with Crippen LogP contribution in [-0.2, 0) is 29.8 Å². The van der Waals surface area contributed by atoms with E-state index in [9.17, 15) is 22.8 Å². The van der Waals surface area contributed by atoms with Crippen molar-refractivity contribution in [3.63, 3.8) is 0 Å². The summed E-state index contributed by atoms with van der Waals surface area (Å²) < 4.78 is 53.6. The zero-order valence-corrected chi connectivity index (χ0v) is 34.3. The number of methoxy groups -OCH3 is 2. The topological polar surface area (TPSA) is 150 Å². The number of hydrogen-bond donors (Lipinski definition) is 2. The third-order valence-corrected chi connectivity index (χ3v) is 13.4. The van der Waals surface area contributed by atoms with E-state index in [4.69, 9.17) is 18.9 Å². The summed E-state index contributed by atoms with van der Waals surface area (Å²) in [4.78, 5) is 41.4. The summed E-state index contributed by atoms with van der Waals surface area (Å²) in [5.74, 6) is 0.587. The van der Waals surface area contributed by atoms with Crippen LogP contribution in [0, 0.1) is 5.92 Å². The van der Waals surface area contributed by atoms with E-state index in [1.807, 2.05) is 84.9 Å². The highest BCUT2D eigenvalue weighted by molar-refractivity contribution is 7.89. The minimum absolute atomic E-state index is 0.00548. The monoisotopic (exact) mass is 829 g/mol. The second kappa shape index (κ2) is 17.2. The second-order valence-electron chi connectivity index (χ2n) is 15.4. The van der Waals surface area contributed by atoms with Crippen molar-refractivity contribution in [2.45, 2.75) is 48.0 Å². The van der Waals surface area contributed by atoms with E-state index < -0.39 is 33.5 Å². The van der Waals surface area contributed by atoms with Gasteiger partial charge in [0.05, 0.1) is 25.0 Å². The van der Waals surface area contributed by atoms with Gasteiger partial charge in [0.15, 0.2) is 11.5 Å². The minimum atomic E-state index is -4.17. The van der Waals surface area contributed by atoms with Crippen LogP contribution in [0.15, 0.2) is 120 Å². The number of aldehydes is 1. The van der Waals surface area contributed by atoms with Gasteiger partial charge in [-0.2, -0.15) is 0 Å². The van der Waals surface area contributed by atoms with Crippen LogP contribution in [0.25, 0.3) is 11.1 Å². The lowest BCUT2D eigenvalue weighted by molar-refractivity contribution is -0.127. The average Bonchev–Trinajstić information content (AvgIpc) is 3.60. The molecule has 1 aliphatic carbocycles. The number of ether oxygens (including phenoxy) is 4. The lowest BCUT2D eigenvalue weighted by Gasteiger charge is -2.41. The molecule has 0 unspecified atom stereocenters. The number of likely N-dealkylation sites (tertiary alicyclic amines) is 1. The van der Waals surface area contributed by atoms with Gasteiger partial charge in [0.1, 0.15) is 24.4 Å². The van der Waals surface area contributed by atoms with Crippen LogP contribution in [-0.4, -0.2) is 78.1 Å². The highest BCUT2D eigenvalue weighted by Gasteiger charge is 2.43. The SMILES string of the molecule is COc1ccc(S(=O)(=O)N[C@@H]2C[C@H](C(=O)NCC3(CCCC=O)c4ccccc4Oc4ccccc43)CN(C(=O)OCC3c4ccccc4-c4ccccc43)C2)cc1OC. The first-order valence-corrected chi connectivity index (χ1v) is 21.6. The first kappa shape index (κ1) is 40.6. The lowest BCUT2D eigenvalue weighted by Crippen LogP contribution is -2.56. The molecule has 0 saturated carbocycles. The zero-order chi connectivity index (χ0) is 41.9. The highest BCUT2D eigenvalue weighted by atomic mass is 32.2. The summed E-state index contributed by atoms with van der Waals surface area (Å²) in [6.07, 6.45) is 1.82. The van der Waals surface area contributed by atoms with Crippen LogP contribution in [0.3, 0.4) is 0 Å². The van der Waals surface area contributed by atoms with Gasteiger partial charge >= 0.3 is 6.09 Å².